The highest BCUT2D eigenvalue weighted by atomic mass is 16.5. The Hall–Kier alpha value is -3.09. The Morgan fingerprint density at radius 3 is 2.47 bits per heavy atom. The zero-order valence-electron chi connectivity index (χ0n) is 17.1. The van der Waals surface area contributed by atoms with Crippen molar-refractivity contribution >= 4 is 5.91 Å². The van der Waals surface area contributed by atoms with Crippen LogP contribution in [0.4, 0.5) is 0 Å². The van der Waals surface area contributed by atoms with Crippen LogP contribution in [0.3, 0.4) is 0 Å². The maximum atomic E-state index is 12.9. The molecule has 1 aliphatic rings. The number of nitrogens with one attached hydrogen (secondary N) is 1. The lowest BCUT2D eigenvalue weighted by molar-refractivity contribution is -0.160. The van der Waals surface area contributed by atoms with E-state index in [0.29, 0.717) is 19.6 Å². The molecule has 0 bridgehead atoms. The fraction of sp³-hybridized carbons (Fsp3) is 0.292. The number of amides is 1. The van der Waals surface area contributed by atoms with E-state index in [2.05, 4.69) is 50.5 Å². The van der Waals surface area contributed by atoms with Crippen LogP contribution < -0.4 is 5.32 Å². The third-order valence-corrected chi connectivity index (χ3v) is 5.47. The van der Waals surface area contributed by atoms with Crippen molar-refractivity contribution in [2.75, 3.05) is 26.7 Å². The average Bonchev–Trinajstić information content (AvgIpc) is 2.80. The third kappa shape index (κ3) is 4.56. The summed E-state index contributed by atoms with van der Waals surface area (Å²) in [5.41, 5.74) is 3.45. The van der Waals surface area contributed by atoms with Crippen molar-refractivity contribution in [3.63, 3.8) is 0 Å². The van der Waals surface area contributed by atoms with Crippen LogP contribution in [0.2, 0.25) is 0 Å². The lowest BCUT2D eigenvalue weighted by Crippen LogP contribution is -2.60. The van der Waals surface area contributed by atoms with Crippen LogP contribution in [-0.2, 0) is 22.5 Å². The zero-order chi connectivity index (χ0) is 20.8. The van der Waals surface area contributed by atoms with Gasteiger partial charge < -0.3 is 10.1 Å². The first-order valence-corrected chi connectivity index (χ1v) is 10.2. The molecule has 0 aliphatic carbocycles. The van der Waals surface area contributed by atoms with Gasteiger partial charge in [-0.25, -0.2) is 0 Å². The lowest BCUT2D eigenvalue weighted by atomic mass is 9.90. The van der Waals surface area contributed by atoms with E-state index in [4.69, 9.17) is 4.74 Å². The number of morpholine rings is 1. The highest BCUT2D eigenvalue weighted by molar-refractivity contribution is 5.86. The van der Waals surface area contributed by atoms with Gasteiger partial charge in [0.2, 0.25) is 0 Å². The number of benzene rings is 1. The van der Waals surface area contributed by atoms with Crippen molar-refractivity contribution in [2.45, 2.75) is 18.6 Å². The Balaban J connectivity index is 1.52. The highest BCUT2D eigenvalue weighted by Crippen LogP contribution is 2.26. The van der Waals surface area contributed by atoms with Crippen molar-refractivity contribution in [1.29, 1.82) is 0 Å². The first-order valence-electron chi connectivity index (χ1n) is 10.2. The van der Waals surface area contributed by atoms with Crippen molar-refractivity contribution in [3.8, 4) is 11.1 Å². The maximum absolute atomic E-state index is 12.9. The molecular formula is C24H26N4O2. The van der Waals surface area contributed by atoms with Gasteiger partial charge in [0.25, 0.3) is 5.91 Å². The van der Waals surface area contributed by atoms with Gasteiger partial charge in [0, 0.05) is 57.9 Å². The molecule has 1 fully saturated rings. The highest BCUT2D eigenvalue weighted by Gasteiger charge is 2.43. The standard InChI is InChI=1S/C24H26N4O2/c1-25-23(29)24(18-28(12-13-30-24)17-20-4-2-10-26-15-20)14-19-6-8-21(9-7-19)22-5-3-11-27-16-22/h2-11,15-16H,12-14,17-18H2,1H3,(H,25,29). The molecule has 0 saturated carbocycles. The second kappa shape index (κ2) is 9.15. The van der Waals surface area contributed by atoms with Crippen LogP contribution in [-0.4, -0.2) is 53.1 Å². The number of hydrogen-bond donors (Lipinski definition) is 1. The quantitative estimate of drug-likeness (QED) is 0.687. The molecule has 154 valence electrons. The fourth-order valence-electron chi connectivity index (χ4n) is 3.97. The minimum absolute atomic E-state index is 0.0882. The number of ether oxygens (including phenoxy) is 1. The van der Waals surface area contributed by atoms with Crippen LogP contribution in [0.5, 0.6) is 0 Å². The van der Waals surface area contributed by atoms with Gasteiger partial charge in [-0.1, -0.05) is 36.4 Å². The molecule has 1 amide bonds. The Morgan fingerprint density at radius 1 is 1.03 bits per heavy atom. The second-order valence-electron chi connectivity index (χ2n) is 7.61. The number of nitrogens with zero attached hydrogens (tertiary/aromatic N) is 3. The predicted octanol–water partition coefficient (Wildman–Crippen LogP) is 2.70. The molecule has 30 heavy (non-hydrogen) atoms. The molecular weight excluding hydrogens is 376 g/mol. The molecule has 1 atom stereocenters. The first kappa shape index (κ1) is 20.2. The predicted molar refractivity (Wildman–Crippen MR) is 116 cm³/mol. The number of aromatic nitrogens is 2. The van der Waals surface area contributed by atoms with Crippen LogP contribution in [0.1, 0.15) is 11.1 Å². The fourth-order valence-corrected chi connectivity index (χ4v) is 3.97. The number of likely N-dealkylation sites (N-methyl/N-ethyl adjacent to an activating group) is 1. The molecule has 1 saturated heterocycles. The summed E-state index contributed by atoms with van der Waals surface area (Å²) in [7, 11) is 1.67. The minimum Gasteiger partial charge on any atom is -0.362 e. The summed E-state index contributed by atoms with van der Waals surface area (Å²) in [4.78, 5) is 23.5. The summed E-state index contributed by atoms with van der Waals surface area (Å²) in [5.74, 6) is -0.0882. The number of rotatable bonds is 6. The lowest BCUT2D eigenvalue weighted by Gasteiger charge is -2.41. The molecule has 1 N–H and O–H groups in total. The summed E-state index contributed by atoms with van der Waals surface area (Å²) < 4.78 is 6.13. The number of hydrogen-bond acceptors (Lipinski definition) is 5. The molecule has 1 aliphatic heterocycles. The van der Waals surface area contributed by atoms with E-state index in [0.717, 1.165) is 35.3 Å². The molecule has 3 heterocycles. The van der Waals surface area contributed by atoms with Gasteiger partial charge in [-0.05, 0) is 34.4 Å². The maximum Gasteiger partial charge on any atom is 0.253 e. The summed E-state index contributed by atoms with van der Waals surface area (Å²) in [6, 6.07) is 16.2. The number of pyridine rings is 2. The molecule has 6 nitrogen and oxygen atoms in total. The van der Waals surface area contributed by atoms with Gasteiger partial charge in [-0.2, -0.15) is 0 Å². The van der Waals surface area contributed by atoms with Gasteiger partial charge >= 0.3 is 0 Å². The van der Waals surface area contributed by atoms with Crippen LogP contribution in [0.25, 0.3) is 11.1 Å². The minimum atomic E-state index is -0.912. The van der Waals surface area contributed by atoms with E-state index in [-0.39, 0.29) is 5.91 Å². The SMILES string of the molecule is CNC(=O)C1(Cc2ccc(-c3cccnc3)cc2)CN(Cc2cccnc2)CCO1. The van der Waals surface area contributed by atoms with Gasteiger partial charge in [0.15, 0.2) is 5.60 Å². The van der Waals surface area contributed by atoms with Crippen molar-refractivity contribution in [3.05, 3.63) is 84.4 Å². The molecule has 0 spiro atoms. The second-order valence-corrected chi connectivity index (χ2v) is 7.61. The molecule has 1 aromatic carbocycles. The smallest absolute Gasteiger partial charge is 0.253 e. The van der Waals surface area contributed by atoms with Gasteiger partial charge in [0.05, 0.1) is 6.61 Å². The monoisotopic (exact) mass is 402 g/mol. The normalized spacial score (nSPS) is 19.4. The van der Waals surface area contributed by atoms with Crippen molar-refractivity contribution < 1.29 is 9.53 Å². The summed E-state index contributed by atoms with van der Waals surface area (Å²) in [5, 5.41) is 2.81. The van der Waals surface area contributed by atoms with Crippen LogP contribution in [0.15, 0.2) is 73.3 Å². The molecule has 2 aromatic heterocycles. The number of carbonyl (C=O) groups excluding carboxylic acids is 1. The average molecular weight is 402 g/mol. The first-order chi connectivity index (χ1) is 14.7. The molecule has 1 unspecified atom stereocenters. The summed E-state index contributed by atoms with van der Waals surface area (Å²) in [6.07, 6.45) is 7.77. The van der Waals surface area contributed by atoms with Gasteiger partial charge in [-0.3, -0.25) is 19.7 Å². The van der Waals surface area contributed by atoms with Gasteiger partial charge in [-0.15, -0.1) is 0 Å². The number of carbonyl (C=O) groups is 1. The Morgan fingerprint density at radius 2 is 1.80 bits per heavy atom. The largest absolute Gasteiger partial charge is 0.362 e. The van der Waals surface area contributed by atoms with E-state index in [1.807, 2.05) is 30.6 Å². The van der Waals surface area contributed by atoms with Crippen molar-refractivity contribution in [1.82, 2.24) is 20.2 Å². The summed E-state index contributed by atoms with van der Waals surface area (Å²) in [6.45, 7) is 2.58. The van der Waals surface area contributed by atoms with Crippen LogP contribution in [0, 0.1) is 0 Å². The van der Waals surface area contributed by atoms with Crippen molar-refractivity contribution in [2.24, 2.45) is 0 Å². The van der Waals surface area contributed by atoms with E-state index >= 15 is 0 Å². The van der Waals surface area contributed by atoms with Crippen LogP contribution >= 0.6 is 0 Å². The zero-order valence-corrected chi connectivity index (χ0v) is 17.1. The Labute approximate surface area is 176 Å². The van der Waals surface area contributed by atoms with E-state index < -0.39 is 5.60 Å². The van der Waals surface area contributed by atoms with E-state index in [9.17, 15) is 4.79 Å². The molecule has 0 radical (unpaired) electrons. The molecule has 3 aromatic rings. The van der Waals surface area contributed by atoms with E-state index in [1.54, 1.807) is 19.4 Å². The third-order valence-electron chi connectivity index (χ3n) is 5.47. The topological polar surface area (TPSA) is 67.4 Å². The summed E-state index contributed by atoms with van der Waals surface area (Å²) >= 11 is 0. The van der Waals surface area contributed by atoms with E-state index in [1.165, 1.54) is 0 Å². The molecule has 4 rings (SSSR count). The Kier molecular flexibility index (Phi) is 6.16. The molecule has 6 heteroatoms. The van der Waals surface area contributed by atoms with Gasteiger partial charge in [0.1, 0.15) is 0 Å². The Bertz CT molecular complexity index is 964.